The highest BCUT2D eigenvalue weighted by Crippen LogP contribution is 2.29. The molecule has 26 heavy (non-hydrogen) atoms. The van der Waals surface area contributed by atoms with Crippen LogP contribution in [-0.4, -0.2) is 36.5 Å². The molecule has 2 aromatic rings. The van der Waals surface area contributed by atoms with E-state index in [0.717, 1.165) is 17.7 Å². The summed E-state index contributed by atoms with van der Waals surface area (Å²) >= 11 is 0. The molecule has 138 valence electrons. The lowest BCUT2D eigenvalue weighted by Crippen LogP contribution is -2.35. The summed E-state index contributed by atoms with van der Waals surface area (Å²) in [6.07, 6.45) is 1.04. The lowest BCUT2D eigenvalue weighted by molar-refractivity contribution is -0.132. The van der Waals surface area contributed by atoms with Gasteiger partial charge in [-0.25, -0.2) is 0 Å². The largest absolute Gasteiger partial charge is 0.483 e. The monoisotopic (exact) mass is 352 g/mol. The SMILES string of the molecule is CCC(C)c1ccccc1OCC(=O)N1C[C@@H](N)[C@H](c2ccccc2)C1. The molecule has 0 saturated carbocycles. The van der Waals surface area contributed by atoms with Gasteiger partial charge < -0.3 is 15.4 Å². The van der Waals surface area contributed by atoms with Crippen LogP contribution in [0.2, 0.25) is 0 Å². The van der Waals surface area contributed by atoms with Crippen molar-refractivity contribution in [1.29, 1.82) is 0 Å². The molecule has 1 saturated heterocycles. The van der Waals surface area contributed by atoms with Crippen LogP contribution in [-0.2, 0) is 4.79 Å². The molecule has 1 fully saturated rings. The molecule has 2 N–H and O–H groups in total. The molecule has 1 heterocycles. The van der Waals surface area contributed by atoms with E-state index in [1.807, 2.05) is 41.3 Å². The molecule has 3 atom stereocenters. The third-order valence-corrected chi connectivity index (χ3v) is 5.36. The van der Waals surface area contributed by atoms with Crippen LogP contribution < -0.4 is 10.5 Å². The Labute approximate surface area is 156 Å². The van der Waals surface area contributed by atoms with Gasteiger partial charge in [0.1, 0.15) is 5.75 Å². The molecule has 1 aliphatic heterocycles. The van der Waals surface area contributed by atoms with Crippen LogP contribution in [0.3, 0.4) is 0 Å². The van der Waals surface area contributed by atoms with E-state index in [-0.39, 0.29) is 24.5 Å². The predicted molar refractivity (Wildman–Crippen MR) is 104 cm³/mol. The molecule has 4 nitrogen and oxygen atoms in total. The summed E-state index contributed by atoms with van der Waals surface area (Å²) in [6.45, 7) is 5.62. The van der Waals surface area contributed by atoms with E-state index in [4.69, 9.17) is 10.5 Å². The van der Waals surface area contributed by atoms with E-state index in [2.05, 4.69) is 32.0 Å². The minimum Gasteiger partial charge on any atom is -0.483 e. The Bertz CT molecular complexity index is 732. The molecule has 0 bridgehead atoms. The molecule has 1 aliphatic rings. The molecule has 0 radical (unpaired) electrons. The minimum absolute atomic E-state index is 0.00200. The summed E-state index contributed by atoms with van der Waals surface area (Å²) in [4.78, 5) is 14.5. The predicted octanol–water partition coefficient (Wildman–Crippen LogP) is 3.53. The van der Waals surface area contributed by atoms with Gasteiger partial charge >= 0.3 is 0 Å². The highest BCUT2D eigenvalue weighted by Gasteiger charge is 2.33. The first-order valence-electron chi connectivity index (χ1n) is 9.40. The lowest BCUT2D eigenvalue weighted by atomic mass is 9.95. The number of carbonyl (C=O) groups excluding carboxylic acids is 1. The van der Waals surface area contributed by atoms with Gasteiger partial charge in [-0.15, -0.1) is 0 Å². The quantitative estimate of drug-likeness (QED) is 0.865. The third-order valence-electron chi connectivity index (χ3n) is 5.36. The fourth-order valence-electron chi connectivity index (χ4n) is 3.56. The maximum absolute atomic E-state index is 12.6. The van der Waals surface area contributed by atoms with Crippen molar-refractivity contribution in [3.05, 3.63) is 65.7 Å². The molecule has 4 heteroatoms. The number of nitrogens with two attached hydrogens (primary N) is 1. The number of amides is 1. The van der Waals surface area contributed by atoms with Gasteiger partial charge in [-0.3, -0.25) is 4.79 Å². The molecule has 3 rings (SSSR count). The topological polar surface area (TPSA) is 55.6 Å². The van der Waals surface area contributed by atoms with E-state index in [0.29, 0.717) is 19.0 Å². The second kappa shape index (κ2) is 8.37. The average Bonchev–Trinajstić information content (AvgIpc) is 3.08. The first-order chi connectivity index (χ1) is 12.6. The summed E-state index contributed by atoms with van der Waals surface area (Å²) in [5, 5.41) is 0. The van der Waals surface area contributed by atoms with Gasteiger partial charge in [-0.05, 0) is 29.5 Å². The van der Waals surface area contributed by atoms with Crippen LogP contribution in [0.15, 0.2) is 54.6 Å². The fourth-order valence-corrected chi connectivity index (χ4v) is 3.56. The van der Waals surface area contributed by atoms with Gasteiger partial charge in [0, 0.05) is 25.0 Å². The van der Waals surface area contributed by atoms with Gasteiger partial charge in [-0.1, -0.05) is 62.4 Å². The van der Waals surface area contributed by atoms with Crippen LogP contribution in [0.1, 0.15) is 43.2 Å². The Kier molecular flexibility index (Phi) is 5.94. The van der Waals surface area contributed by atoms with E-state index < -0.39 is 0 Å². The number of likely N-dealkylation sites (tertiary alicyclic amines) is 1. The van der Waals surface area contributed by atoms with Crippen LogP contribution in [0.4, 0.5) is 0 Å². The summed E-state index contributed by atoms with van der Waals surface area (Å²) in [7, 11) is 0. The Morgan fingerprint density at radius 1 is 1.15 bits per heavy atom. The standard InChI is InChI=1S/C22H28N2O2/c1-3-16(2)18-11-7-8-12-21(18)26-15-22(25)24-13-19(20(23)14-24)17-9-5-4-6-10-17/h4-12,16,19-20H,3,13-15,23H2,1-2H3/t16?,19-,20+/m0/s1. The van der Waals surface area contributed by atoms with Crippen LogP contribution in [0, 0.1) is 0 Å². The molecule has 0 aromatic heterocycles. The van der Waals surface area contributed by atoms with Crippen molar-refractivity contribution in [3.63, 3.8) is 0 Å². The van der Waals surface area contributed by atoms with Crippen molar-refractivity contribution in [1.82, 2.24) is 4.90 Å². The van der Waals surface area contributed by atoms with Gasteiger partial charge in [-0.2, -0.15) is 0 Å². The number of benzene rings is 2. The number of hydrogen-bond acceptors (Lipinski definition) is 3. The number of carbonyl (C=O) groups is 1. The van der Waals surface area contributed by atoms with Crippen LogP contribution in [0.5, 0.6) is 5.75 Å². The zero-order chi connectivity index (χ0) is 18.5. The fraction of sp³-hybridized carbons (Fsp3) is 0.409. The molecule has 0 aliphatic carbocycles. The highest BCUT2D eigenvalue weighted by molar-refractivity contribution is 5.78. The van der Waals surface area contributed by atoms with Crippen molar-refractivity contribution >= 4 is 5.91 Å². The van der Waals surface area contributed by atoms with Gasteiger partial charge in [0.2, 0.25) is 0 Å². The van der Waals surface area contributed by atoms with E-state index >= 15 is 0 Å². The number of ether oxygens (including phenoxy) is 1. The van der Waals surface area contributed by atoms with E-state index in [1.165, 1.54) is 5.56 Å². The number of rotatable bonds is 6. The van der Waals surface area contributed by atoms with E-state index in [9.17, 15) is 4.79 Å². The van der Waals surface area contributed by atoms with E-state index in [1.54, 1.807) is 0 Å². The van der Waals surface area contributed by atoms with Crippen molar-refractivity contribution < 1.29 is 9.53 Å². The molecular formula is C22H28N2O2. The van der Waals surface area contributed by atoms with Crippen LogP contribution >= 0.6 is 0 Å². The second-order valence-corrected chi connectivity index (χ2v) is 7.12. The zero-order valence-electron chi connectivity index (χ0n) is 15.6. The lowest BCUT2D eigenvalue weighted by Gasteiger charge is -2.19. The van der Waals surface area contributed by atoms with Crippen molar-refractivity contribution in [2.75, 3.05) is 19.7 Å². The maximum atomic E-state index is 12.6. The first-order valence-corrected chi connectivity index (χ1v) is 9.40. The average molecular weight is 352 g/mol. The molecule has 1 amide bonds. The normalized spacial score (nSPS) is 20.8. The first kappa shape index (κ1) is 18.5. The summed E-state index contributed by atoms with van der Waals surface area (Å²) in [5.41, 5.74) is 8.64. The maximum Gasteiger partial charge on any atom is 0.260 e. The highest BCUT2D eigenvalue weighted by atomic mass is 16.5. The van der Waals surface area contributed by atoms with Gasteiger partial charge in [0.05, 0.1) is 0 Å². The Hall–Kier alpha value is -2.33. The summed E-state index contributed by atoms with van der Waals surface area (Å²) < 4.78 is 5.88. The Morgan fingerprint density at radius 3 is 2.58 bits per heavy atom. The minimum atomic E-state index is -0.0336. The third kappa shape index (κ3) is 4.07. The Balaban J connectivity index is 1.61. The Morgan fingerprint density at radius 2 is 1.85 bits per heavy atom. The van der Waals surface area contributed by atoms with Crippen molar-refractivity contribution in [2.45, 2.75) is 38.1 Å². The number of nitrogens with zero attached hydrogens (tertiary/aromatic N) is 1. The van der Waals surface area contributed by atoms with Crippen molar-refractivity contribution in [3.8, 4) is 5.75 Å². The van der Waals surface area contributed by atoms with Crippen LogP contribution in [0.25, 0.3) is 0 Å². The van der Waals surface area contributed by atoms with Gasteiger partial charge in [0.25, 0.3) is 5.91 Å². The molecule has 0 spiro atoms. The summed E-state index contributed by atoms with van der Waals surface area (Å²) in [5.74, 6) is 1.40. The molecular weight excluding hydrogens is 324 g/mol. The zero-order valence-corrected chi connectivity index (χ0v) is 15.6. The molecule has 1 unspecified atom stereocenters. The van der Waals surface area contributed by atoms with Gasteiger partial charge in [0.15, 0.2) is 6.61 Å². The molecule has 2 aromatic carbocycles. The smallest absolute Gasteiger partial charge is 0.260 e. The number of para-hydroxylation sites is 1. The van der Waals surface area contributed by atoms with Crippen molar-refractivity contribution in [2.24, 2.45) is 5.73 Å². The second-order valence-electron chi connectivity index (χ2n) is 7.12. The summed E-state index contributed by atoms with van der Waals surface area (Å²) in [6, 6.07) is 18.1. The number of hydrogen-bond donors (Lipinski definition) is 1.